The van der Waals surface area contributed by atoms with Gasteiger partial charge in [-0.1, -0.05) is 26.7 Å². The fourth-order valence-corrected chi connectivity index (χ4v) is 3.31. The highest BCUT2D eigenvalue weighted by molar-refractivity contribution is 5.82. The smallest absolute Gasteiger partial charge is 0.168 e. The summed E-state index contributed by atoms with van der Waals surface area (Å²) in [6.45, 7) is 4.34. The number of ether oxygens (including phenoxy) is 4. The van der Waals surface area contributed by atoms with E-state index in [1.54, 1.807) is 28.4 Å². The highest BCUT2D eigenvalue weighted by Gasteiger charge is 2.20. The van der Waals surface area contributed by atoms with Crippen molar-refractivity contribution in [3.05, 3.63) is 35.4 Å². The Morgan fingerprint density at radius 1 is 0.577 bits per heavy atom. The van der Waals surface area contributed by atoms with Crippen molar-refractivity contribution in [1.29, 1.82) is 0 Å². The summed E-state index contributed by atoms with van der Waals surface area (Å²) in [7, 11) is 6.67. The molecule has 0 unspecified atom stereocenters. The minimum Gasteiger partial charge on any atom is -0.493 e. The van der Waals surface area contributed by atoms with Crippen LogP contribution in [0.4, 0.5) is 0 Å². The highest BCUT2D eigenvalue weighted by Crippen LogP contribution is 2.46. The fourth-order valence-electron chi connectivity index (χ4n) is 3.31. The quantitative estimate of drug-likeness (QED) is 0.610. The highest BCUT2D eigenvalue weighted by atomic mass is 16.5. The predicted octanol–water partition coefficient (Wildman–Crippen LogP) is 5.29. The van der Waals surface area contributed by atoms with Crippen molar-refractivity contribution in [3.63, 3.8) is 0 Å². The van der Waals surface area contributed by atoms with Crippen LogP contribution < -0.4 is 18.9 Å². The predicted molar refractivity (Wildman–Crippen MR) is 106 cm³/mol. The van der Waals surface area contributed by atoms with E-state index in [4.69, 9.17) is 18.9 Å². The lowest BCUT2D eigenvalue weighted by atomic mass is 9.95. The molecule has 142 valence electrons. The molecule has 4 nitrogen and oxygen atoms in total. The molecule has 0 aliphatic heterocycles. The zero-order chi connectivity index (χ0) is 19.1. The molecule has 0 aliphatic carbocycles. The van der Waals surface area contributed by atoms with Crippen LogP contribution in [0.25, 0.3) is 11.1 Å². The van der Waals surface area contributed by atoms with Gasteiger partial charge in [0, 0.05) is 11.1 Å². The summed E-state index contributed by atoms with van der Waals surface area (Å²) in [5, 5.41) is 0. The van der Waals surface area contributed by atoms with Crippen molar-refractivity contribution in [2.75, 3.05) is 28.4 Å². The third kappa shape index (κ3) is 4.06. The lowest BCUT2D eigenvalue weighted by Gasteiger charge is -2.19. The van der Waals surface area contributed by atoms with E-state index in [1.165, 1.54) is 11.1 Å². The van der Waals surface area contributed by atoms with Gasteiger partial charge in [0.25, 0.3) is 0 Å². The van der Waals surface area contributed by atoms with Crippen molar-refractivity contribution < 1.29 is 18.9 Å². The lowest BCUT2D eigenvalue weighted by molar-refractivity contribution is 0.351. The van der Waals surface area contributed by atoms with Gasteiger partial charge in [0.05, 0.1) is 28.4 Å². The van der Waals surface area contributed by atoms with Gasteiger partial charge in [-0.05, 0) is 48.2 Å². The Balaban J connectivity index is 2.79. The van der Waals surface area contributed by atoms with E-state index >= 15 is 0 Å². The van der Waals surface area contributed by atoms with Crippen LogP contribution in [0.5, 0.6) is 23.0 Å². The minimum absolute atomic E-state index is 0.710. The molecule has 2 aromatic carbocycles. The van der Waals surface area contributed by atoms with E-state index in [-0.39, 0.29) is 0 Å². The largest absolute Gasteiger partial charge is 0.493 e. The summed E-state index contributed by atoms with van der Waals surface area (Å²) < 4.78 is 22.6. The molecule has 0 saturated heterocycles. The Bertz CT molecular complexity index is 674. The van der Waals surface area contributed by atoms with E-state index in [0.29, 0.717) is 11.5 Å². The van der Waals surface area contributed by atoms with Crippen LogP contribution in [0.3, 0.4) is 0 Å². The second kappa shape index (κ2) is 9.37. The van der Waals surface area contributed by atoms with Crippen LogP contribution in [0.2, 0.25) is 0 Å². The van der Waals surface area contributed by atoms with Crippen LogP contribution in [-0.4, -0.2) is 28.4 Å². The van der Waals surface area contributed by atoms with Crippen LogP contribution in [0, 0.1) is 0 Å². The topological polar surface area (TPSA) is 36.9 Å². The first kappa shape index (κ1) is 20.0. The van der Waals surface area contributed by atoms with Crippen LogP contribution >= 0.6 is 0 Å². The van der Waals surface area contributed by atoms with Crippen LogP contribution in [0.15, 0.2) is 24.3 Å². The summed E-state index contributed by atoms with van der Waals surface area (Å²) in [4.78, 5) is 0. The van der Waals surface area contributed by atoms with Crippen molar-refractivity contribution in [3.8, 4) is 34.1 Å². The Morgan fingerprint density at radius 3 is 1.23 bits per heavy atom. The second-order valence-corrected chi connectivity index (χ2v) is 6.26. The molecule has 26 heavy (non-hydrogen) atoms. The Kier molecular flexibility index (Phi) is 7.19. The lowest BCUT2D eigenvalue weighted by Crippen LogP contribution is -2.00. The normalized spacial score (nSPS) is 10.5. The van der Waals surface area contributed by atoms with E-state index < -0.39 is 0 Å². The first-order valence-corrected chi connectivity index (χ1v) is 9.13. The van der Waals surface area contributed by atoms with Crippen LogP contribution in [0.1, 0.15) is 37.8 Å². The Morgan fingerprint density at radius 2 is 0.962 bits per heavy atom. The van der Waals surface area contributed by atoms with Crippen LogP contribution in [-0.2, 0) is 12.8 Å². The number of hydrogen-bond donors (Lipinski definition) is 0. The van der Waals surface area contributed by atoms with Crippen molar-refractivity contribution in [1.82, 2.24) is 0 Å². The second-order valence-electron chi connectivity index (χ2n) is 6.26. The van der Waals surface area contributed by atoms with Gasteiger partial charge >= 0.3 is 0 Å². The molecule has 0 heterocycles. The van der Waals surface area contributed by atoms with Gasteiger partial charge in [-0.2, -0.15) is 0 Å². The zero-order valence-electron chi connectivity index (χ0n) is 16.8. The summed E-state index contributed by atoms with van der Waals surface area (Å²) in [6, 6.07) is 8.42. The molecule has 0 amide bonds. The maximum absolute atomic E-state index is 5.71. The Labute approximate surface area is 157 Å². The van der Waals surface area contributed by atoms with Gasteiger partial charge in [0.15, 0.2) is 23.0 Å². The van der Waals surface area contributed by atoms with Gasteiger partial charge < -0.3 is 18.9 Å². The first-order chi connectivity index (χ1) is 12.6. The molecule has 0 spiro atoms. The summed E-state index contributed by atoms with van der Waals surface area (Å²) in [6.07, 6.45) is 4.07. The molecule has 0 aromatic heterocycles. The third-order valence-electron chi connectivity index (χ3n) is 4.44. The van der Waals surface area contributed by atoms with Gasteiger partial charge in [-0.15, -0.1) is 0 Å². The number of aryl methyl sites for hydroxylation is 2. The summed E-state index contributed by atoms with van der Waals surface area (Å²) in [5.41, 5.74) is 4.34. The van der Waals surface area contributed by atoms with Gasteiger partial charge in [0.1, 0.15) is 0 Å². The zero-order valence-corrected chi connectivity index (χ0v) is 16.8. The molecule has 0 N–H and O–H groups in total. The molecular weight excluding hydrogens is 328 g/mol. The molecule has 0 atom stereocenters. The van der Waals surface area contributed by atoms with Crippen molar-refractivity contribution in [2.24, 2.45) is 0 Å². The standard InChI is InChI=1S/C22H30O4/c1-7-9-15-11-17(21(25-5)19(13-15)23-3)18-12-16(10-8-2)14-20(24-4)22(18)26-6/h11-14H,7-10H2,1-6H3. The van der Waals surface area contributed by atoms with E-state index in [0.717, 1.165) is 48.3 Å². The molecule has 4 heteroatoms. The molecule has 2 rings (SSSR count). The molecule has 2 aromatic rings. The number of rotatable bonds is 9. The molecule has 0 aliphatic rings. The molecule has 0 saturated carbocycles. The first-order valence-electron chi connectivity index (χ1n) is 9.13. The molecule has 0 bridgehead atoms. The van der Waals surface area contributed by atoms with Gasteiger partial charge in [-0.3, -0.25) is 0 Å². The average molecular weight is 358 g/mol. The monoisotopic (exact) mass is 358 g/mol. The number of benzene rings is 2. The molecular formula is C22H30O4. The maximum Gasteiger partial charge on any atom is 0.168 e. The SMILES string of the molecule is CCCc1cc(OC)c(OC)c(-c2cc(CCC)cc(OC)c2OC)c1. The van der Waals surface area contributed by atoms with E-state index in [9.17, 15) is 0 Å². The van der Waals surface area contributed by atoms with E-state index in [2.05, 4.69) is 26.0 Å². The van der Waals surface area contributed by atoms with Crippen molar-refractivity contribution >= 4 is 0 Å². The number of hydrogen-bond acceptors (Lipinski definition) is 4. The Hall–Kier alpha value is -2.36. The maximum atomic E-state index is 5.71. The average Bonchev–Trinajstić information content (AvgIpc) is 2.66. The van der Waals surface area contributed by atoms with Crippen molar-refractivity contribution in [2.45, 2.75) is 39.5 Å². The fraction of sp³-hybridized carbons (Fsp3) is 0.455. The summed E-state index contributed by atoms with van der Waals surface area (Å²) in [5.74, 6) is 2.88. The molecule has 0 radical (unpaired) electrons. The number of methoxy groups -OCH3 is 4. The van der Waals surface area contributed by atoms with E-state index in [1.807, 2.05) is 12.1 Å². The third-order valence-corrected chi connectivity index (χ3v) is 4.44. The van der Waals surface area contributed by atoms with Gasteiger partial charge in [0.2, 0.25) is 0 Å². The minimum atomic E-state index is 0.710. The van der Waals surface area contributed by atoms with Gasteiger partial charge in [-0.25, -0.2) is 0 Å². The summed E-state index contributed by atoms with van der Waals surface area (Å²) >= 11 is 0. The molecule has 0 fully saturated rings.